The van der Waals surface area contributed by atoms with E-state index in [9.17, 15) is 9.59 Å². The molecule has 1 aliphatic rings. The SMILES string of the molecule is CN(C)CCCC(=O)N1CCN(C(=O)c2ccc(Nc3nccc(-c4ccc(Cl)cc4)n3)cc2)CC1.CS. The maximum absolute atomic E-state index is 13.0. The molecule has 10 heteroatoms. The van der Waals surface area contributed by atoms with Crippen LogP contribution in [0.2, 0.25) is 5.02 Å². The Bertz CT molecular complexity index is 1180. The van der Waals surface area contributed by atoms with E-state index in [0.29, 0.717) is 49.1 Å². The lowest BCUT2D eigenvalue weighted by Gasteiger charge is -2.35. The van der Waals surface area contributed by atoms with Crippen molar-refractivity contribution in [3.8, 4) is 11.3 Å². The third-order valence-corrected chi connectivity index (χ3v) is 6.35. The van der Waals surface area contributed by atoms with Crippen LogP contribution in [-0.4, -0.2) is 89.6 Å². The van der Waals surface area contributed by atoms with Crippen molar-refractivity contribution in [1.29, 1.82) is 0 Å². The summed E-state index contributed by atoms with van der Waals surface area (Å²) in [4.78, 5) is 40.0. The number of nitrogens with one attached hydrogen (secondary N) is 1. The number of aromatic nitrogens is 2. The van der Waals surface area contributed by atoms with E-state index in [0.717, 1.165) is 29.9 Å². The minimum atomic E-state index is -0.0257. The molecule has 1 aromatic heterocycles. The molecule has 2 aromatic carbocycles. The fraction of sp³-hybridized carbons (Fsp3) is 0.357. The summed E-state index contributed by atoms with van der Waals surface area (Å²) in [5.41, 5.74) is 3.13. The minimum absolute atomic E-state index is 0.0257. The van der Waals surface area contributed by atoms with Crippen molar-refractivity contribution >= 4 is 47.7 Å². The van der Waals surface area contributed by atoms with Crippen LogP contribution in [0.25, 0.3) is 11.3 Å². The largest absolute Gasteiger partial charge is 0.339 e. The van der Waals surface area contributed by atoms with Crippen LogP contribution in [0.4, 0.5) is 11.6 Å². The van der Waals surface area contributed by atoms with Crippen molar-refractivity contribution < 1.29 is 9.59 Å². The average molecular weight is 555 g/mol. The van der Waals surface area contributed by atoms with E-state index in [1.165, 1.54) is 0 Å². The molecule has 1 N–H and O–H groups in total. The number of amides is 2. The Morgan fingerprint density at radius 1 is 0.947 bits per heavy atom. The number of halogens is 1. The highest BCUT2D eigenvalue weighted by atomic mass is 35.5. The molecule has 38 heavy (non-hydrogen) atoms. The second-order valence-electron chi connectivity index (χ2n) is 9.05. The molecular formula is C28H35ClN6O2S. The highest BCUT2D eigenvalue weighted by Crippen LogP contribution is 2.22. The van der Waals surface area contributed by atoms with Crippen LogP contribution < -0.4 is 5.32 Å². The summed E-state index contributed by atoms with van der Waals surface area (Å²) in [6.07, 6.45) is 4.79. The first-order chi connectivity index (χ1) is 18.4. The smallest absolute Gasteiger partial charge is 0.253 e. The molecule has 0 atom stereocenters. The molecule has 202 valence electrons. The predicted molar refractivity (Wildman–Crippen MR) is 157 cm³/mol. The Balaban J connectivity index is 0.00000195. The molecule has 1 fully saturated rings. The summed E-state index contributed by atoms with van der Waals surface area (Å²) >= 11 is 9.51. The number of thiol groups is 1. The number of benzene rings is 2. The second-order valence-corrected chi connectivity index (χ2v) is 9.49. The van der Waals surface area contributed by atoms with Gasteiger partial charge in [0.2, 0.25) is 11.9 Å². The lowest BCUT2D eigenvalue weighted by atomic mass is 10.1. The standard InChI is InChI=1S/C27H31ClN6O2.CH4S/c1-32(2)15-3-4-25(35)33-16-18-34(19-17-33)26(36)21-7-11-23(12-8-21)30-27-29-14-13-24(31-27)20-5-9-22(28)10-6-20;1-2/h5-14H,3-4,15-19H2,1-2H3,(H,29,30,31);2H,1H3. The van der Waals surface area contributed by atoms with Gasteiger partial charge in [0.25, 0.3) is 5.91 Å². The maximum atomic E-state index is 13.0. The number of carbonyl (C=O) groups is 2. The molecule has 0 radical (unpaired) electrons. The van der Waals surface area contributed by atoms with Gasteiger partial charge in [-0.2, -0.15) is 12.6 Å². The first-order valence-corrected chi connectivity index (χ1v) is 13.8. The zero-order valence-corrected chi connectivity index (χ0v) is 23.8. The van der Waals surface area contributed by atoms with Crippen molar-refractivity contribution in [2.75, 3.05) is 58.4 Å². The Morgan fingerprint density at radius 2 is 1.58 bits per heavy atom. The number of carbonyl (C=O) groups excluding carboxylic acids is 2. The molecule has 0 aliphatic carbocycles. The van der Waals surface area contributed by atoms with Crippen LogP contribution in [0.1, 0.15) is 23.2 Å². The van der Waals surface area contributed by atoms with Gasteiger partial charge in [-0.15, -0.1) is 0 Å². The quantitative estimate of drug-likeness (QED) is 0.392. The van der Waals surface area contributed by atoms with Gasteiger partial charge >= 0.3 is 0 Å². The summed E-state index contributed by atoms with van der Waals surface area (Å²) in [6.45, 7) is 3.14. The van der Waals surface area contributed by atoms with Gasteiger partial charge in [0.15, 0.2) is 0 Å². The molecule has 4 rings (SSSR count). The zero-order chi connectivity index (χ0) is 27.5. The van der Waals surface area contributed by atoms with Crippen LogP contribution in [0.5, 0.6) is 0 Å². The van der Waals surface area contributed by atoms with Crippen LogP contribution in [0, 0.1) is 0 Å². The third-order valence-electron chi connectivity index (χ3n) is 6.10. The Hall–Kier alpha value is -3.14. The van der Waals surface area contributed by atoms with Crippen molar-refractivity contribution in [3.63, 3.8) is 0 Å². The second kappa shape index (κ2) is 14.7. The molecule has 0 saturated carbocycles. The van der Waals surface area contributed by atoms with E-state index in [4.69, 9.17) is 11.6 Å². The van der Waals surface area contributed by atoms with Crippen molar-refractivity contribution in [3.05, 3.63) is 71.4 Å². The molecule has 2 heterocycles. The molecule has 8 nitrogen and oxygen atoms in total. The Labute approximate surface area is 235 Å². The Morgan fingerprint density at radius 3 is 2.21 bits per heavy atom. The van der Waals surface area contributed by atoms with Crippen molar-refractivity contribution in [2.24, 2.45) is 0 Å². The van der Waals surface area contributed by atoms with E-state index in [2.05, 4.69) is 32.8 Å². The third kappa shape index (κ3) is 8.44. The fourth-order valence-electron chi connectivity index (χ4n) is 4.07. The van der Waals surface area contributed by atoms with E-state index in [1.807, 2.05) is 66.4 Å². The van der Waals surface area contributed by atoms with E-state index in [-0.39, 0.29) is 11.8 Å². The lowest BCUT2D eigenvalue weighted by molar-refractivity contribution is -0.132. The molecule has 1 saturated heterocycles. The van der Waals surface area contributed by atoms with Gasteiger partial charge in [0.1, 0.15) is 0 Å². The number of hydrogen-bond donors (Lipinski definition) is 2. The van der Waals surface area contributed by atoms with Gasteiger partial charge in [-0.3, -0.25) is 9.59 Å². The first kappa shape index (κ1) is 29.4. The molecule has 1 aliphatic heterocycles. The first-order valence-electron chi connectivity index (χ1n) is 12.5. The fourth-order valence-corrected chi connectivity index (χ4v) is 4.20. The summed E-state index contributed by atoms with van der Waals surface area (Å²) < 4.78 is 0. The molecule has 0 spiro atoms. The highest BCUT2D eigenvalue weighted by molar-refractivity contribution is 7.79. The zero-order valence-electron chi connectivity index (χ0n) is 22.1. The number of nitrogens with zero attached hydrogens (tertiary/aromatic N) is 5. The van der Waals surface area contributed by atoms with Gasteiger partial charge < -0.3 is 20.0 Å². The normalized spacial score (nSPS) is 13.1. The summed E-state index contributed by atoms with van der Waals surface area (Å²) in [5.74, 6) is 0.608. The van der Waals surface area contributed by atoms with Gasteiger partial charge in [0.05, 0.1) is 5.69 Å². The topological polar surface area (TPSA) is 81.7 Å². The number of piperazine rings is 1. The van der Waals surface area contributed by atoms with Crippen LogP contribution in [-0.2, 0) is 4.79 Å². The van der Waals surface area contributed by atoms with Crippen LogP contribution >= 0.6 is 24.2 Å². The molecule has 2 amide bonds. The number of rotatable bonds is 8. The molecule has 0 bridgehead atoms. The summed E-state index contributed by atoms with van der Waals surface area (Å²) in [7, 11) is 4.01. The molecular weight excluding hydrogens is 520 g/mol. The van der Waals surface area contributed by atoms with Gasteiger partial charge in [-0.05, 0) is 75.8 Å². The lowest BCUT2D eigenvalue weighted by Crippen LogP contribution is -2.50. The molecule has 0 unspecified atom stereocenters. The van der Waals surface area contributed by atoms with Gasteiger partial charge in [0, 0.05) is 60.6 Å². The molecule has 3 aromatic rings. The monoisotopic (exact) mass is 554 g/mol. The van der Waals surface area contributed by atoms with Gasteiger partial charge in [-0.25, -0.2) is 9.97 Å². The van der Waals surface area contributed by atoms with Gasteiger partial charge in [-0.1, -0.05) is 23.7 Å². The Kier molecular flexibility index (Phi) is 11.4. The van der Waals surface area contributed by atoms with Crippen LogP contribution in [0.3, 0.4) is 0 Å². The maximum Gasteiger partial charge on any atom is 0.253 e. The van der Waals surface area contributed by atoms with Crippen molar-refractivity contribution in [2.45, 2.75) is 12.8 Å². The van der Waals surface area contributed by atoms with E-state index in [1.54, 1.807) is 24.6 Å². The van der Waals surface area contributed by atoms with Crippen LogP contribution in [0.15, 0.2) is 60.8 Å². The van der Waals surface area contributed by atoms with Crippen molar-refractivity contribution in [1.82, 2.24) is 24.7 Å². The number of hydrogen-bond acceptors (Lipinski definition) is 7. The summed E-state index contributed by atoms with van der Waals surface area (Å²) in [6, 6.07) is 16.6. The van der Waals surface area contributed by atoms with E-state index >= 15 is 0 Å². The number of anilines is 2. The highest BCUT2D eigenvalue weighted by Gasteiger charge is 2.24. The average Bonchev–Trinajstić information content (AvgIpc) is 2.94. The minimum Gasteiger partial charge on any atom is -0.339 e. The summed E-state index contributed by atoms with van der Waals surface area (Å²) in [5, 5.41) is 3.87. The van der Waals surface area contributed by atoms with E-state index < -0.39 is 0 Å². The predicted octanol–water partition coefficient (Wildman–Crippen LogP) is 4.71.